The van der Waals surface area contributed by atoms with Gasteiger partial charge in [-0.2, -0.15) is 13.2 Å². The Morgan fingerprint density at radius 1 is 1.12 bits per heavy atom. The van der Waals surface area contributed by atoms with E-state index in [1.165, 1.54) is 0 Å². The predicted octanol–water partition coefficient (Wildman–Crippen LogP) is 3.15. The zero-order valence-corrected chi connectivity index (χ0v) is 16.8. The van der Waals surface area contributed by atoms with Crippen molar-refractivity contribution in [3.8, 4) is 11.5 Å². The van der Waals surface area contributed by atoms with E-state index in [0.29, 0.717) is 24.4 Å². The van der Waals surface area contributed by atoms with E-state index in [9.17, 15) is 18.0 Å². The number of carboxylic acids is 1. The zero-order valence-electron chi connectivity index (χ0n) is 16.8. The summed E-state index contributed by atoms with van der Waals surface area (Å²) in [7, 11) is 0. The number of alkyl halides is 3. The zero-order chi connectivity index (χ0) is 23.4. The van der Waals surface area contributed by atoms with Gasteiger partial charge in [-0.05, 0) is 56.3 Å². The number of fused-ring (bicyclic) bond motifs is 1. The van der Waals surface area contributed by atoms with Crippen LogP contribution >= 0.6 is 0 Å². The second kappa shape index (κ2) is 9.37. The number of oxazole rings is 1. The van der Waals surface area contributed by atoms with E-state index in [1.807, 2.05) is 48.5 Å². The first-order valence-electron chi connectivity index (χ1n) is 9.66. The lowest BCUT2D eigenvalue weighted by Crippen LogP contribution is -2.56. The maximum absolute atomic E-state index is 12.6. The highest BCUT2D eigenvalue weighted by Crippen LogP contribution is 2.27. The minimum Gasteiger partial charge on any atom is -0.475 e. The van der Waals surface area contributed by atoms with Gasteiger partial charge >= 0.3 is 12.1 Å². The number of carboxylic acid groups (broad SMARTS) is 1. The summed E-state index contributed by atoms with van der Waals surface area (Å²) in [6.07, 6.45) is -3.83. The molecule has 3 aromatic rings. The summed E-state index contributed by atoms with van der Waals surface area (Å²) >= 11 is 0. The number of carbonyl (C=O) groups excluding carboxylic acids is 1. The fourth-order valence-corrected chi connectivity index (χ4v) is 3.08. The van der Waals surface area contributed by atoms with Gasteiger partial charge in [-0.25, -0.2) is 9.78 Å². The standard InChI is InChI=1S/C19H20N4O2.C2HF3O2/c20-19(8-10-21-11-9-19)18(24)22-14-5-3-4-13(12-14)17-23-15-6-1-2-7-16(15)25-17;3-2(4,5)1(6)7/h1-7,12,21H,8-11,20H2,(H,22,24);(H,6,7). The van der Waals surface area contributed by atoms with E-state index in [4.69, 9.17) is 20.1 Å². The molecule has 0 bridgehead atoms. The summed E-state index contributed by atoms with van der Waals surface area (Å²) in [6.45, 7) is 1.51. The first kappa shape index (κ1) is 23.2. The fraction of sp³-hybridized carbons (Fsp3) is 0.286. The van der Waals surface area contributed by atoms with Crippen molar-refractivity contribution in [3.05, 3.63) is 48.5 Å². The molecule has 0 radical (unpaired) electrons. The number of halogens is 3. The van der Waals surface area contributed by atoms with Crippen LogP contribution < -0.4 is 16.4 Å². The van der Waals surface area contributed by atoms with Crippen molar-refractivity contribution in [2.24, 2.45) is 5.73 Å². The van der Waals surface area contributed by atoms with Crippen molar-refractivity contribution >= 4 is 28.7 Å². The van der Waals surface area contributed by atoms with E-state index in [1.54, 1.807) is 0 Å². The number of para-hydroxylation sites is 2. The van der Waals surface area contributed by atoms with Gasteiger partial charge in [0.2, 0.25) is 11.8 Å². The molecule has 0 saturated carbocycles. The quantitative estimate of drug-likeness (QED) is 0.482. The number of benzene rings is 2. The molecule has 2 heterocycles. The van der Waals surface area contributed by atoms with E-state index in [-0.39, 0.29) is 5.91 Å². The number of nitrogens with two attached hydrogens (primary N) is 1. The highest BCUT2D eigenvalue weighted by Gasteiger charge is 2.38. The molecule has 0 atom stereocenters. The first-order chi connectivity index (χ1) is 15.1. The number of carbonyl (C=O) groups is 2. The molecule has 11 heteroatoms. The molecule has 32 heavy (non-hydrogen) atoms. The molecule has 4 rings (SSSR count). The van der Waals surface area contributed by atoms with Crippen LogP contribution in [0.25, 0.3) is 22.6 Å². The summed E-state index contributed by atoms with van der Waals surface area (Å²) in [5.41, 5.74) is 8.49. The van der Waals surface area contributed by atoms with Gasteiger partial charge in [0.05, 0.1) is 5.54 Å². The second-order valence-corrected chi connectivity index (χ2v) is 7.23. The monoisotopic (exact) mass is 450 g/mol. The lowest BCUT2D eigenvalue weighted by atomic mass is 9.88. The number of hydrogen-bond acceptors (Lipinski definition) is 6. The Hall–Kier alpha value is -3.44. The number of nitrogens with one attached hydrogen (secondary N) is 2. The van der Waals surface area contributed by atoms with E-state index < -0.39 is 17.7 Å². The van der Waals surface area contributed by atoms with Gasteiger partial charge in [-0.1, -0.05) is 18.2 Å². The highest BCUT2D eigenvalue weighted by atomic mass is 19.4. The summed E-state index contributed by atoms with van der Waals surface area (Å²) in [4.78, 5) is 26.0. The smallest absolute Gasteiger partial charge is 0.475 e. The number of aromatic nitrogens is 1. The number of anilines is 1. The topological polar surface area (TPSA) is 130 Å². The Balaban J connectivity index is 0.000000360. The molecule has 0 spiro atoms. The fourth-order valence-electron chi connectivity index (χ4n) is 3.08. The van der Waals surface area contributed by atoms with E-state index in [0.717, 1.165) is 29.8 Å². The van der Waals surface area contributed by atoms with Crippen molar-refractivity contribution in [1.29, 1.82) is 0 Å². The van der Waals surface area contributed by atoms with Crippen molar-refractivity contribution in [2.45, 2.75) is 24.6 Å². The van der Waals surface area contributed by atoms with Crippen molar-refractivity contribution in [1.82, 2.24) is 10.3 Å². The molecule has 1 aliphatic heterocycles. The second-order valence-electron chi connectivity index (χ2n) is 7.23. The third-order valence-electron chi connectivity index (χ3n) is 4.85. The number of nitrogens with zero attached hydrogens (tertiary/aromatic N) is 1. The van der Waals surface area contributed by atoms with Gasteiger partial charge in [-0.15, -0.1) is 0 Å². The molecule has 1 aromatic heterocycles. The normalized spacial score (nSPS) is 15.5. The van der Waals surface area contributed by atoms with Gasteiger partial charge in [-0.3, -0.25) is 4.79 Å². The maximum Gasteiger partial charge on any atom is 0.490 e. The summed E-state index contributed by atoms with van der Waals surface area (Å²) in [6, 6.07) is 15.1. The van der Waals surface area contributed by atoms with Crippen LogP contribution in [0.15, 0.2) is 52.9 Å². The SMILES string of the molecule is NC1(C(=O)Nc2cccc(-c3nc4ccccc4o3)c2)CCNCC1.O=C(O)C(F)(F)F. The van der Waals surface area contributed by atoms with Crippen LogP contribution in [-0.4, -0.2) is 46.8 Å². The molecule has 1 aliphatic rings. The van der Waals surface area contributed by atoms with Crippen LogP contribution in [0.3, 0.4) is 0 Å². The summed E-state index contributed by atoms with van der Waals surface area (Å²) < 4.78 is 37.5. The molecule has 8 nitrogen and oxygen atoms in total. The average Bonchev–Trinajstić information content (AvgIpc) is 3.19. The number of piperidine rings is 1. The molecule has 0 aliphatic carbocycles. The molecule has 170 valence electrons. The van der Waals surface area contributed by atoms with E-state index in [2.05, 4.69) is 15.6 Å². The first-order valence-corrected chi connectivity index (χ1v) is 9.66. The Kier molecular flexibility index (Phi) is 6.80. The van der Waals surface area contributed by atoms with Gasteiger partial charge in [0, 0.05) is 11.3 Å². The Morgan fingerprint density at radius 2 is 1.78 bits per heavy atom. The summed E-state index contributed by atoms with van der Waals surface area (Å²) in [5, 5.41) is 13.3. The Morgan fingerprint density at radius 3 is 2.41 bits per heavy atom. The number of hydrogen-bond donors (Lipinski definition) is 4. The maximum atomic E-state index is 12.6. The Bertz CT molecular complexity index is 1070. The molecular weight excluding hydrogens is 429 g/mol. The molecule has 1 amide bonds. The van der Waals surface area contributed by atoms with Crippen molar-refractivity contribution in [3.63, 3.8) is 0 Å². The summed E-state index contributed by atoms with van der Waals surface area (Å²) in [5.74, 6) is -2.38. The molecule has 0 unspecified atom stereocenters. The predicted molar refractivity (Wildman–Crippen MR) is 111 cm³/mol. The van der Waals surface area contributed by atoms with Gasteiger partial charge in [0.25, 0.3) is 0 Å². The van der Waals surface area contributed by atoms with Crippen LogP contribution in [0.4, 0.5) is 18.9 Å². The van der Waals surface area contributed by atoms with Gasteiger partial charge < -0.3 is 25.9 Å². The number of aliphatic carboxylic acids is 1. The molecule has 5 N–H and O–H groups in total. The number of rotatable bonds is 3. The highest BCUT2D eigenvalue weighted by molar-refractivity contribution is 5.98. The van der Waals surface area contributed by atoms with Crippen LogP contribution in [0.5, 0.6) is 0 Å². The third kappa shape index (κ3) is 5.62. The van der Waals surface area contributed by atoms with Crippen molar-refractivity contribution in [2.75, 3.05) is 18.4 Å². The molecular formula is C21H21F3N4O4. The average molecular weight is 450 g/mol. The van der Waals surface area contributed by atoms with Crippen LogP contribution in [-0.2, 0) is 9.59 Å². The van der Waals surface area contributed by atoms with E-state index >= 15 is 0 Å². The lowest BCUT2D eigenvalue weighted by Gasteiger charge is -2.32. The third-order valence-corrected chi connectivity index (χ3v) is 4.85. The van der Waals surface area contributed by atoms with Crippen molar-refractivity contribution < 1.29 is 32.3 Å². The molecule has 1 fully saturated rings. The van der Waals surface area contributed by atoms with Crippen LogP contribution in [0.1, 0.15) is 12.8 Å². The van der Waals surface area contributed by atoms with Crippen LogP contribution in [0.2, 0.25) is 0 Å². The lowest BCUT2D eigenvalue weighted by molar-refractivity contribution is -0.192. The largest absolute Gasteiger partial charge is 0.490 e. The minimum atomic E-state index is -5.08. The Labute approximate surface area is 180 Å². The minimum absolute atomic E-state index is 0.149. The van der Waals surface area contributed by atoms with Gasteiger partial charge in [0.1, 0.15) is 5.52 Å². The molecule has 1 saturated heterocycles. The molecule has 2 aromatic carbocycles. The van der Waals surface area contributed by atoms with Gasteiger partial charge in [0.15, 0.2) is 5.58 Å². The number of amides is 1. The van der Waals surface area contributed by atoms with Crippen LogP contribution in [0, 0.1) is 0 Å².